The molecule has 0 radical (unpaired) electrons. The molecule has 118 valence electrons. The number of pyridine rings is 1. The molecular formula is C19H31NO. The minimum atomic E-state index is -0.541. The summed E-state index contributed by atoms with van der Waals surface area (Å²) < 4.78 is 0. The van der Waals surface area contributed by atoms with Crippen LogP contribution < -0.4 is 0 Å². The summed E-state index contributed by atoms with van der Waals surface area (Å²) in [7, 11) is 0. The van der Waals surface area contributed by atoms with Crippen molar-refractivity contribution >= 4 is 0 Å². The van der Waals surface area contributed by atoms with E-state index in [2.05, 4.69) is 44.8 Å². The molecule has 0 saturated heterocycles. The zero-order valence-corrected chi connectivity index (χ0v) is 14.2. The van der Waals surface area contributed by atoms with Crippen LogP contribution in [0.3, 0.4) is 0 Å². The molecule has 0 aromatic carbocycles. The van der Waals surface area contributed by atoms with Gasteiger partial charge in [-0.3, -0.25) is 4.98 Å². The molecule has 21 heavy (non-hydrogen) atoms. The van der Waals surface area contributed by atoms with Crippen LogP contribution in [0.1, 0.15) is 71.1 Å². The van der Waals surface area contributed by atoms with Gasteiger partial charge in [0.2, 0.25) is 0 Å². The highest BCUT2D eigenvalue weighted by Gasteiger charge is 2.38. The number of aliphatic hydroxyl groups is 1. The van der Waals surface area contributed by atoms with Crippen LogP contribution in [0, 0.1) is 11.3 Å². The minimum absolute atomic E-state index is 0.405. The SMILES string of the molecule is CCc1ccc(CC2(O)CCC(C(C)(C)CC)CC2)nc1. The second kappa shape index (κ2) is 6.48. The quantitative estimate of drug-likeness (QED) is 0.863. The molecule has 2 nitrogen and oxygen atoms in total. The van der Waals surface area contributed by atoms with Gasteiger partial charge in [-0.05, 0) is 55.1 Å². The summed E-state index contributed by atoms with van der Waals surface area (Å²) in [6, 6.07) is 4.22. The van der Waals surface area contributed by atoms with Crippen LogP contribution in [0.2, 0.25) is 0 Å². The molecule has 0 amide bonds. The van der Waals surface area contributed by atoms with Gasteiger partial charge in [-0.2, -0.15) is 0 Å². The molecule has 1 fully saturated rings. The van der Waals surface area contributed by atoms with E-state index in [4.69, 9.17) is 0 Å². The van der Waals surface area contributed by atoms with Crippen molar-refractivity contribution in [2.75, 3.05) is 0 Å². The highest BCUT2D eigenvalue weighted by atomic mass is 16.3. The van der Waals surface area contributed by atoms with Gasteiger partial charge in [-0.15, -0.1) is 0 Å². The Morgan fingerprint density at radius 1 is 1.24 bits per heavy atom. The van der Waals surface area contributed by atoms with E-state index in [1.165, 1.54) is 12.0 Å². The molecule has 0 unspecified atom stereocenters. The first-order valence-electron chi connectivity index (χ1n) is 8.55. The van der Waals surface area contributed by atoms with E-state index in [9.17, 15) is 5.11 Å². The van der Waals surface area contributed by atoms with Gasteiger partial charge < -0.3 is 5.11 Å². The Kier molecular flexibility index (Phi) is 5.08. The zero-order valence-electron chi connectivity index (χ0n) is 14.2. The van der Waals surface area contributed by atoms with Crippen molar-refractivity contribution in [2.45, 2.75) is 78.2 Å². The fourth-order valence-corrected chi connectivity index (χ4v) is 3.51. The van der Waals surface area contributed by atoms with Crippen molar-refractivity contribution in [1.82, 2.24) is 4.98 Å². The van der Waals surface area contributed by atoms with Crippen LogP contribution in [0.25, 0.3) is 0 Å². The van der Waals surface area contributed by atoms with Gasteiger partial charge in [0.15, 0.2) is 0 Å². The summed E-state index contributed by atoms with van der Waals surface area (Å²) in [4.78, 5) is 4.51. The van der Waals surface area contributed by atoms with Crippen molar-refractivity contribution in [1.29, 1.82) is 0 Å². The van der Waals surface area contributed by atoms with Gasteiger partial charge in [0.05, 0.1) is 5.60 Å². The van der Waals surface area contributed by atoms with Crippen LogP contribution in [0.4, 0.5) is 0 Å². The molecule has 1 saturated carbocycles. The molecule has 1 N–H and O–H groups in total. The molecule has 1 aromatic heterocycles. The van der Waals surface area contributed by atoms with E-state index in [1.54, 1.807) is 0 Å². The fraction of sp³-hybridized carbons (Fsp3) is 0.737. The lowest BCUT2D eigenvalue weighted by Gasteiger charge is -2.42. The number of aromatic nitrogens is 1. The van der Waals surface area contributed by atoms with Crippen molar-refractivity contribution in [3.05, 3.63) is 29.6 Å². The van der Waals surface area contributed by atoms with Gasteiger partial charge in [0, 0.05) is 18.3 Å². The summed E-state index contributed by atoms with van der Waals surface area (Å²) in [6.45, 7) is 9.15. The lowest BCUT2D eigenvalue weighted by atomic mass is 9.66. The maximum Gasteiger partial charge on any atom is 0.0703 e. The second-order valence-electron chi connectivity index (χ2n) is 7.53. The highest BCUT2D eigenvalue weighted by Crippen LogP contribution is 2.44. The predicted octanol–water partition coefficient (Wildman–Crippen LogP) is 4.54. The third-order valence-electron chi connectivity index (χ3n) is 5.74. The number of hydrogen-bond acceptors (Lipinski definition) is 2. The first-order valence-corrected chi connectivity index (χ1v) is 8.55. The van der Waals surface area contributed by atoms with Gasteiger partial charge in [0.25, 0.3) is 0 Å². The summed E-state index contributed by atoms with van der Waals surface area (Å²) in [5, 5.41) is 10.9. The molecule has 0 aliphatic heterocycles. The molecule has 0 atom stereocenters. The Morgan fingerprint density at radius 2 is 1.90 bits per heavy atom. The maximum absolute atomic E-state index is 10.9. The molecule has 2 rings (SSSR count). The molecule has 1 heterocycles. The first-order chi connectivity index (χ1) is 9.88. The van der Waals surface area contributed by atoms with Crippen LogP contribution in [0.15, 0.2) is 18.3 Å². The van der Waals surface area contributed by atoms with Gasteiger partial charge in [0.1, 0.15) is 0 Å². The Balaban J connectivity index is 1.95. The van der Waals surface area contributed by atoms with Gasteiger partial charge >= 0.3 is 0 Å². The molecular weight excluding hydrogens is 258 g/mol. The van der Waals surface area contributed by atoms with Gasteiger partial charge in [-0.1, -0.05) is 40.2 Å². The Labute approximate surface area is 130 Å². The van der Waals surface area contributed by atoms with E-state index in [-0.39, 0.29) is 0 Å². The van der Waals surface area contributed by atoms with E-state index in [0.29, 0.717) is 11.8 Å². The first kappa shape index (κ1) is 16.5. The van der Waals surface area contributed by atoms with E-state index < -0.39 is 5.60 Å². The third-order valence-corrected chi connectivity index (χ3v) is 5.74. The van der Waals surface area contributed by atoms with Crippen LogP contribution in [0.5, 0.6) is 0 Å². The summed E-state index contributed by atoms with van der Waals surface area (Å²) >= 11 is 0. The normalized spacial score (nSPS) is 26.8. The topological polar surface area (TPSA) is 33.1 Å². The van der Waals surface area contributed by atoms with Crippen molar-refractivity contribution in [3.63, 3.8) is 0 Å². The van der Waals surface area contributed by atoms with Crippen molar-refractivity contribution in [2.24, 2.45) is 11.3 Å². The largest absolute Gasteiger partial charge is 0.389 e. The zero-order chi connectivity index (χ0) is 15.5. The molecule has 2 heteroatoms. The minimum Gasteiger partial charge on any atom is -0.389 e. The monoisotopic (exact) mass is 289 g/mol. The van der Waals surface area contributed by atoms with Crippen LogP contribution in [-0.2, 0) is 12.8 Å². The Bertz CT molecular complexity index is 441. The highest BCUT2D eigenvalue weighted by molar-refractivity contribution is 5.15. The van der Waals surface area contributed by atoms with E-state index in [1.807, 2.05) is 6.20 Å². The molecule has 1 aliphatic rings. The van der Waals surface area contributed by atoms with E-state index in [0.717, 1.165) is 43.7 Å². The number of nitrogens with zero attached hydrogens (tertiary/aromatic N) is 1. The predicted molar refractivity (Wildman–Crippen MR) is 88.3 cm³/mol. The molecule has 0 spiro atoms. The molecule has 0 bridgehead atoms. The lowest BCUT2D eigenvalue weighted by Crippen LogP contribution is -2.39. The average Bonchev–Trinajstić information content (AvgIpc) is 2.48. The van der Waals surface area contributed by atoms with Crippen molar-refractivity contribution in [3.8, 4) is 0 Å². The molecule has 1 aromatic rings. The smallest absolute Gasteiger partial charge is 0.0703 e. The fourth-order valence-electron chi connectivity index (χ4n) is 3.51. The van der Waals surface area contributed by atoms with Gasteiger partial charge in [-0.25, -0.2) is 0 Å². The van der Waals surface area contributed by atoms with Crippen LogP contribution in [-0.4, -0.2) is 15.7 Å². The van der Waals surface area contributed by atoms with Crippen LogP contribution >= 0.6 is 0 Å². The lowest BCUT2D eigenvalue weighted by molar-refractivity contribution is -0.0282. The Morgan fingerprint density at radius 3 is 2.38 bits per heavy atom. The Hall–Kier alpha value is -0.890. The number of hydrogen-bond donors (Lipinski definition) is 1. The molecule has 1 aliphatic carbocycles. The third kappa shape index (κ3) is 4.06. The maximum atomic E-state index is 10.9. The number of rotatable bonds is 5. The van der Waals surface area contributed by atoms with E-state index >= 15 is 0 Å². The second-order valence-corrected chi connectivity index (χ2v) is 7.53. The average molecular weight is 289 g/mol. The summed E-state index contributed by atoms with van der Waals surface area (Å²) in [5.74, 6) is 0.748. The standard InChI is InChI=1S/C19H31NO/c1-5-15-7-8-17(20-14-15)13-19(21)11-9-16(10-12-19)18(3,4)6-2/h7-8,14,16,21H,5-6,9-13H2,1-4H3. The number of aryl methyl sites for hydroxylation is 1. The van der Waals surface area contributed by atoms with Crippen molar-refractivity contribution < 1.29 is 5.11 Å². The summed E-state index contributed by atoms with van der Waals surface area (Å²) in [5.41, 5.74) is 2.16. The summed E-state index contributed by atoms with van der Waals surface area (Å²) in [6.07, 6.45) is 9.01.